The van der Waals surface area contributed by atoms with E-state index in [0.717, 1.165) is 22.5 Å². The Morgan fingerprint density at radius 2 is 1.90 bits per heavy atom. The first-order valence-electron chi connectivity index (χ1n) is 10.3. The zero-order chi connectivity index (χ0) is 22.3. The van der Waals surface area contributed by atoms with Gasteiger partial charge in [0.15, 0.2) is 0 Å². The molecule has 1 heterocycles. The van der Waals surface area contributed by atoms with E-state index in [2.05, 4.69) is 25.7 Å². The Kier molecular flexibility index (Phi) is 8.27. The Bertz CT molecular complexity index is 885. The summed E-state index contributed by atoms with van der Waals surface area (Å²) < 4.78 is 2.01. The molecular weight excluding hydrogens is 376 g/mol. The van der Waals surface area contributed by atoms with Gasteiger partial charge in [-0.2, -0.15) is 0 Å². The van der Waals surface area contributed by atoms with E-state index in [-0.39, 0.29) is 18.5 Å². The smallest absolute Gasteiger partial charge is 0.322 e. The van der Waals surface area contributed by atoms with E-state index in [1.165, 1.54) is 4.90 Å². The second kappa shape index (κ2) is 10.7. The molecule has 1 aromatic carbocycles. The maximum absolute atomic E-state index is 13.1. The van der Waals surface area contributed by atoms with Crippen LogP contribution in [0.15, 0.2) is 49.2 Å². The Labute approximate surface area is 180 Å². The molecule has 0 aliphatic carbocycles. The zero-order valence-corrected chi connectivity index (χ0v) is 18.8. The van der Waals surface area contributed by atoms with Crippen molar-refractivity contribution in [1.82, 2.24) is 14.4 Å². The Morgan fingerprint density at radius 1 is 1.17 bits per heavy atom. The summed E-state index contributed by atoms with van der Waals surface area (Å²) in [5.41, 5.74) is 3.93. The molecule has 162 valence electrons. The predicted molar refractivity (Wildman–Crippen MR) is 122 cm³/mol. The van der Waals surface area contributed by atoms with Crippen molar-refractivity contribution in [3.8, 4) is 0 Å². The summed E-state index contributed by atoms with van der Waals surface area (Å²) in [5.74, 6) is 0.244. The highest BCUT2D eigenvalue weighted by Crippen LogP contribution is 2.18. The molecule has 0 atom stereocenters. The van der Waals surface area contributed by atoms with Gasteiger partial charge in [-0.15, -0.1) is 6.58 Å². The molecule has 0 radical (unpaired) electrons. The summed E-state index contributed by atoms with van der Waals surface area (Å²) in [4.78, 5) is 29.4. The number of carbonyl (C=O) groups is 2. The average molecular weight is 411 g/mol. The van der Waals surface area contributed by atoms with Crippen LogP contribution in [0.4, 0.5) is 10.5 Å². The minimum Gasteiger partial charge on any atom is -0.353 e. The number of benzene rings is 1. The molecule has 0 aliphatic heterocycles. The predicted octanol–water partition coefficient (Wildman–Crippen LogP) is 4.35. The Morgan fingerprint density at radius 3 is 2.50 bits per heavy atom. The van der Waals surface area contributed by atoms with Crippen LogP contribution in [0.3, 0.4) is 0 Å². The van der Waals surface area contributed by atoms with Crippen molar-refractivity contribution in [2.45, 2.75) is 34.2 Å². The van der Waals surface area contributed by atoms with Gasteiger partial charge in [0, 0.05) is 37.7 Å². The van der Waals surface area contributed by atoms with Crippen LogP contribution in [0, 0.1) is 19.8 Å². The molecule has 6 heteroatoms. The lowest BCUT2D eigenvalue weighted by molar-refractivity contribution is -0.132. The number of hydrogen-bond donors (Lipinski definition) is 1. The number of rotatable bonds is 9. The number of aromatic nitrogens is 1. The van der Waals surface area contributed by atoms with Gasteiger partial charge in [-0.25, -0.2) is 4.79 Å². The molecule has 1 aromatic heterocycles. The number of aryl methyl sites for hydroxylation is 2. The van der Waals surface area contributed by atoms with Crippen LogP contribution in [-0.2, 0) is 18.4 Å². The highest BCUT2D eigenvalue weighted by molar-refractivity contribution is 5.93. The number of nitrogens with zero attached hydrogens (tertiary/aromatic N) is 3. The maximum Gasteiger partial charge on any atom is 0.322 e. The normalized spacial score (nSPS) is 10.7. The molecule has 0 aliphatic rings. The first kappa shape index (κ1) is 23.3. The Balaban J connectivity index is 2.14. The first-order chi connectivity index (χ1) is 14.2. The van der Waals surface area contributed by atoms with Gasteiger partial charge in [0.1, 0.15) is 6.54 Å². The number of urea groups is 1. The van der Waals surface area contributed by atoms with Gasteiger partial charge in [0.25, 0.3) is 0 Å². The third-order valence-corrected chi connectivity index (χ3v) is 5.15. The van der Waals surface area contributed by atoms with Gasteiger partial charge in [-0.1, -0.05) is 32.1 Å². The summed E-state index contributed by atoms with van der Waals surface area (Å²) in [6.07, 6.45) is 3.61. The van der Waals surface area contributed by atoms with Gasteiger partial charge in [0.2, 0.25) is 5.91 Å². The average Bonchev–Trinajstić information content (AvgIpc) is 3.08. The number of amides is 3. The van der Waals surface area contributed by atoms with Crippen molar-refractivity contribution >= 4 is 17.6 Å². The summed E-state index contributed by atoms with van der Waals surface area (Å²) in [6.45, 7) is 13.3. The summed E-state index contributed by atoms with van der Waals surface area (Å²) in [7, 11) is 1.97. The minimum atomic E-state index is -0.305. The van der Waals surface area contributed by atoms with Crippen LogP contribution in [0.5, 0.6) is 0 Å². The lowest BCUT2D eigenvalue weighted by Crippen LogP contribution is -2.45. The Hall–Kier alpha value is -3.02. The summed E-state index contributed by atoms with van der Waals surface area (Å²) >= 11 is 0. The van der Waals surface area contributed by atoms with Crippen LogP contribution in [-0.4, -0.2) is 45.9 Å². The van der Waals surface area contributed by atoms with E-state index in [1.54, 1.807) is 6.08 Å². The second-order valence-corrected chi connectivity index (χ2v) is 8.13. The minimum absolute atomic E-state index is 0.000139. The van der Waals surface area contributed by atoms with Crippen molar-refractivity contribution in [3.05, 3.63) is 66.0 Å². The van der Waals surface area contributed by atoms with Gasteiger partial charge >= 0.3 is 6.03 Å². The van der Waals surface area contributed by atoms with E-state index in [1.807, 2.05) is 66.9 Å². The number of nitrogens with one attached hydrogen (secondary N) is 1. The van der Waals surface area contributed by atoms with Crippen LogP contribution in [0.1, 0.15) is 30.7 Å². The summed E-state index contributed by atoms with van der Waals surface area (Å²) in [5, 5.41) is 2.94. The van der Waals surface area contributed by atoms with Crippen molar-refractivity contribution in [3.63, 3.8) is 0 Å². The molecule has 1 N–H and O–H groups in total. The fourth-order valence-electron chi connectivity index (χ4n) is 3.27. The van der Waals surface area contributed by atoms with Crippen LogP contribution < -0.4 is 5.32 Å². The quantitative estimate of drug-likeness (QED) is 0.625. The number of carbonyl (C=O) groups excluding carboxylic acids is 2. The number of anilines is 1. The largest absolute Gasteiger partial charge is 0.353 e. The van der Waals surface area contributed by atoms with Crippen molar-refractivity contribution in [2.24, 2.45) is 13.0 Å². The van der Waals surface area contributed by atoms with Gasteiger partial charge < -0.3 is 19.7 Å². The zero-order valence-electron chi connectivity index (χ0n) is 18.8. The summed E-state index contributed by atoms with van der Waals surface area (Å²) in [6, 6.07) is 9.45. The monoisotopic (exact) mass is 410 g/mol. The van der Waals surface area contributed by atoms with Crippen LogP contribution in [0.25, 0.3) is 0 Å². The van der Waals surface area contributed by atoms with E-state index in [4.69, 9.17) is 0 Å². The molecule has 6 nitrogen and oxygen atoms in total. The van der Waals surface area contributed by atoms with Gasteiger partial charge in [-0.3, -0.25) is 4.79 Å². The molecule has 0 spiro atoms. The second-order valence-electron chi connectivity index (χ2n) is 8.13. The molecule has 0 saturated heterocycles. The molecular formula is C24H34N4O2. The van der Waals surface area contributed by atoms with E-state index < -0.39 is 0 Å². The standard InChI is InChI=1S/C24H34N4O2/c1-7-13-27(24(30)25-22-12-8-10-19(4)20(22)5)17-23(29)28(15-18(2)3)16-21-11-9-14-26(21)6/h7-12,14,18H,1,13,15-17H2,2-6H3,(H,25,30). The fraction of sp³-hybridized carbons (Fsp3) is 0.417. The molecule has 2 rings (SSSR count). The maximum atomic E-state index is 13.1. The first-order valence-corrected chi connectivity index (χ1v) is 10.3. The third kappa shape index (κ3) is 6.24. The van der Waals surface area contributed by atoms with Crippen molar-refractivity contribution < 1.29 is 9.59 Å². The SMILES string of the molecule is C=CCN(CC(=O)N(Cc1cccn1C)CC(C)C)C(=O)Nc1cccc(C)c1C. The highest BCUT2D eigenvalue weighted by atomic mass is 16.2. The van der Waals surface area contributed by atoms with Crippen LogP contribution >= 0.6 is 0 Å². The highest BCUT2D eigenvalue weighted by Gasteiger charge is 2.22. The topological polar surface area (TPSA) is 57.6 Å². The molecule has 2 aromatic rings. The molecule has 0 saturated carbocycles. The van der Waals surface area contributed by atoms with Crippen LogP contribution in [0.2, 0.25) is 0 Å². The molecule has 0 unspecified atom stereocenters. The lowest BCUT2D eigenvalue weighted by Gasteiger charge is -2.29. The van der Waals surface area contributed by atoms with E-state index in [0.29, 0.717) is 25.6 Å². The fourth-order valence-corrected chi connectivity index (χ4v) is 3.27. The molecule has 0 bridgehead atoms. The van der Waals surface area contributed by atoms with E-state index >= 15 is 0 Å². The number of hydrogen-bond acceptors (Lipinski definition) is 2. The van der Waals surface area contributed by atoms with Crippen molar-refractivity contribution in [2.75, 3.05) is 25.0 Å². The van der Waals surface area contributed by atoms with E-state index in [9.17, 15) is 9.59 Å². The molecule has 30 heavy (non-hydrogen) atoms. The van der Waals surface area contributed by atoms with Gasteiger partial charge in [-0.05, 0) is 49.1 Å². The molecule has 0 fully saturated rings. The third-order valence-electron chi connectivity index (χ3n) is 5.15. The van der Waals surface area contributed by atoms with Gasteiger partial charge in [0.05, 0.1) is 6.54 Å². The lowest BCUT2D eigenvalue weighted by atomic mass is 10.1. The molecule has 3 amide bonds. The van der Waals surface area contributed by atoms with Crippen molar-refractivity contribution in [1.29, 1.82) is 0 Å².